The number of hydrogen-bond donors (Lipinski definition) is 2. The fraction of sp³-hybridized carbons (Fsp3) is 0.188. The number of benzene rings is 2. The van der Waals surface area contributed by atoms with Crippen molar-refractivity contribution in [2.45, 2.75) is 13.3 Å². The fourth-order valence-electron chi connectivity index (χ4n) is 2.75. The molecule has 1 aliphatic heterocycles. The van der Waals surface area contributed by atoms with Crippen molar-refractivity contribution in [3.8, 4) is 11.4 Å². The molecule has 0 unspecified atom stereocenters. The Labute approximate surface area is 111 Å². The Morgan fingerprint density at radius 2 is 2.11 bits per heavy atom. The van der Waals surface area contributed by atoms with Gasteiger partial charge in [0.15, 0.2) is 0 Å². The summed E-state index contributed by atoms with van der Waals surface area (Å²) in [5.41, 5.74) is 7.16. The first kappa shape index (κ1) is 10.6. The van der Waals surface area contributed by atoms with Crippen molar-refractivity contribution < 1.29 is 0 Å². The third-order valence-electron chi connectivity index (χ3n) is 3.81. The van der Waals surface area contributed by atoms with E-state index in [1.807, 2.05) is 0 Å². The summed E-state index contributed by atoms with van der Waals surface area (Å²) >= 11 is 0. The van der Waals surface area contributed by atoms with E-state index < -0.39 is 0 Å². The van der Waals surface area contributed by atoms with Gasteiger partial charge >= 0.3 is 0 Å². The summed E-state index contributed by atoms with van der Waals surface area (Å²) < 4.78 is 0. The van der Waals surface area contributed by atoms with Gasteiger partial charge in [0.25, 0.3) is 0 Å². The number of nitrogens with zero attached hydrogens (tertiary/aromatic N) is 1. The molecule has 3 heteroatoms. The molecule has 0 aliphatic carbocycles. The van der Waals surface area contributed by atoms with E-state index in [0.717, 1.165) is 35.4 Å². The van der Waals surface area contributed by atoms with Crippen LogP contribution in [0.4, 0.5) is 5.69 Å². The Morgan fingerprint density at radius 3 is 3.00 bits per heavy atom. The monoisotopic (exact) mass is 249 g/mol. The Kier molecular flexibility index (Phi) is 2.15. The third kappa shape index (κ3) is 1.62. The highest BCUT2D eigenvalue weighted by Gasteiger charge is 2.12. The zero-order chi connectivity index (χ0) is 12.8. The first-order chi connectivity index (χ1) is 9.31. The van der Waals surface area contributed by atoms with Crippen molar-refractivity contribution in [2.75, 3.05) is 11.9 Å². The van der Waals surface area contributed by atoms with E-state index in [1.54, 1.807) is 0 Å². The van der Waals surface area contributed by atoms with Crippen LogP contribution in [0.5, 0.6) is 0 Å². The van der Waals surface area contributed by atoms with Gasteiger partial charge in [-0.15, -0.1) is 0 Å². The summed E-state index contributed by atoms with van der Waals surface area (Å²) in [6, 6.07) is 12.8. The summed E-state index contributed by atoms with van der Waals surface area (Å²) in [5.74, 6) is 0.945. The second-order valence-electron chi connectivity index (χ2n) is 5.11. The average Bonchev–Trinajstić information content (AvgIpc) is 3.04. The van der Waals surface area contributed by atoms with Crippen LogP contribution in [0, 0.1) is 6.92 Å². The topological polar surface area (TPSA) is 40.7 Å². The third-order valence-corrected chi connectivity index (χ3v) is 3.81. The smallest absolute Gasteiger partial charge is 0.138 e. The molecule has 0 saturated carbocycles. The number of fused-ring (bicyclic) bond motifs is 2. The minimum atomic E-state index is 0.945. The molecule has 1 aliphatic rings. The van der Waals surface area contributed by atoms with E-state index >= 15 is 0 Å². The second kappa shape index (κ2) is 3.85. The number of aryl methyl sites for hydroxylation is 1. The molecule has 94 valence electrons. The molecule has 0 saturated heterocycles. The molecule has 19 heavy (non-hydrogen) atoms. The summed E-state index contributed by atoms with van der Waals surface area (Å²) in [7, 11) is 0. The van der Waals surface area contributed by atoms with Crippen molar-refractivity contribution in [1.82, 2.24) is 9.97 Å². The quantitative estimate of drug-likeness (QED) is 0.693. The fourth-order valence-corrected chi connectivity index (χ4v) is 2.75. The van der Waals surface area contributed by atoms with Crippen molar-refractivity contribution in [3.63, 3.8) is 0 Å². The largest absolute Gasteiger partial charge is 0.384 e. The van der Waals surface area contributed by atoms with E-state index in [-0.39, 0.29) is 0 Å². The summed E-state index contributed by atoms with van der Waals surface area (Å²) in [5, 5.41) is 3.41. The molecule has 0 amide bonds. The molecule has 0 spiro atoms. The maximum absolute atomic E-state index is 4.72. The van der Waals surface area contributed by atoms with E-state index in [2.05, 4.69) is 53.6 Å². The zero-order valence-corrected chi connectivity index (χ0v) is 10.8. The molecular weight excluding hydrogens is 234 g/mol. The lowest BCUT2D eigenvalue weighted by Crippen LogP contribution is -1.91. The van der Waals surface area contributed by atoms with Gasteiger partial charge < -0.3 is 10.3 Å². The van der Waals surface area contributed by atoms with Crippen LogP contribution in [0.3, 0.4) is 0 Å². The predicted molar refractivity (Wildman–Crippen MR) is 78.5 cm³/mol. The molecule has 0 radical (unpaired) electrons. The molecule has 0 fully saturated rings. The summed E-state index contributed by atoms with van der Waals surface area (Å²) in [4.78, 5) is 8.13. The van der Waals surface area contributed by atoms with Gasteiger partial charge in [-0.2, -0.15) is 0 Å². The van der Waals surface area contributed by atoms with Gasteiger partial charge in [-0.1, -0.05) is 24.3 Å². The number of nitrogens with one attached hydrogen (secondary N) is 2. The lowest BCUT2D eigenvalue weighted by molar-refractivity contribution is 1.11. The molecule has 4 rings (SSSR count). The number of H-pyrrole nitrogens is 1. The highest BCUT2D eigenvalue weighted by atomic mass is 14.9. The minimum Gasteiger partial charge on any atom is -0.384 e. The van der Waals surface area contributed by atoms with Crippen molar-refractivity contribution >= 4 is 16.7 Å². The number of imidazole rings is 1. The van der Waals surface area contributed by atoms with Crippen LogP contribution in [-0.4, -0.2) is 16.5 Å². The van der Waals surface area contributed by atoms with Crippen LogP contribution in [0.1, 0.15) is 11.1 Å². The Hall–Kier alpha value is -2.29. The molecule has 3 nitrogen and oxygen atoms in total. The molecule has 0 bridgehead atoms. The average molecular weight is 249 g/mol. The van der Waals surface area contributed by atoms with Gasteiger partial charge in [0.1, 0.15) is 5.82 Å². The molecular formula is C16H15N3. The number of hydrogen-bond acceptors (Lipinski definition) is 2. The normalized spacial score (nSPS) is 13.5. The zero-order valence-electron chi connectivity index (χ0n) is 10.8. The van der Waals surface area contributed by atoms with Crippen LogP contribution in [0.25, 0.3) is 22.4 Å². The van der Waals surface area contributed by atoms with Gasteiger partial charge in [-0.25, -0.2) is 4.98 Å². The van der Waals surface area contributed by atoms with E-state index in [0.29, 0.717) is 0 Å². The van der Waals surface area contributed by atoms with Crippen LogP contribution in [0.2, 0.25) is 0 Å². The molecule has 3 aromatic rings. The van der Waals surface area contributed by atoms with E-state index in [1.165, 1.54) is 16.8 Å². The van der Waals surface area contributed by atoms with Gasteiger partial charge in [-0.3, -0.25) is 0 Å². The van der Waals surface area contributed by atoms with Gasteiger partial charge in [-0.05, 0) is 36.6 Å². The predicted octanol–water partition coefficient (Wildman–Crippen LogP) is 3.51. The van der Waals surface area contributed by atoms with Gasteiger partial charge in [0.2, 0.25) is 0 Å². The summed E-state index contributed by atoms with van der Waals surface area (Å²) in [6.45, 7) is 3.13. The Balaban J connectivity index is 1.88. The van der Waals surface area contributed by atoms with Gasteiger partial charge in [0.05, 0.1) is 11.0 Å². The SMILES string of the molecule is Cc1cccc2[nH]c(-c3ccc4c(c3)NCC4)nc12. The van der Waals surface area contributed by atoms with E-state index in [9.17, 15) is 0 Å². The minimum absolute atomic E-state index is 0.945. The highest BCUT2D eigenvalue weighted by Crippen LogP contribution is 2.29. The number of aromatic amines is 1. The Bertz CT molecular complexity index is 771. The van der Waals surface area contributed by atoms with E-state index in [4.69, 9.17) is 4.98 Å². The molecule has 2 heterocycles. The number of rotatable bonds is 1. The molecule has 2 aromatic carbocycles. The first-order valence-electron chi connectivity index (χ1n) is 6.64. The molecule has 2 N–H and O–H groups in total. The van der Waals surface area contributed by atoms with Crippen LogP contribution in [-0.2, 0) is 6.42 Å². The summed E-state index contributed by atoms with van der Waals surface area (Å²) in [6.07, 6.45) is 1.12. The van der Waals surface area contributed by atoms with Gasteiger partial charge in [0, 0.05) is 17.8 Å². The van der Waals surface area contributed by atoms with Crippen LogP contribution in [0.15, 0.2) is 36.4 Å². The molecule has 1 aromatic heterocycles. The number of anilines is 1. The van der Waals surface area contributed by atoms with Crippen molar-refractivity contribution in [3.05, 3.63) is 47.5 Å². The first-order valence-corrected chi connectivity index (χ1v) is 6.64. The lowest BCUT2D eigenvalue weighted by atomic mass is 10.1. The van der Waals surface area contributed by atoms with Crippen LogP contribution >= 0.6 is 0 Å². The number of aromatic nitrogens is 2. The lowest BCUT2D eigenvalue weighted by Gasteiger charge is -2.02. The second-order valence-corrected chi connectivity index (χ2v) is 5.11. The molecule has 0 atom stereocenters. The highest BCUT2D eigenvalue weighted by molar-refractivity contribution is 5.82. The maximum atomic E-state index is 4.72. The van der Waals surface area contributed by atoms with Crippen LogP contribution < -0.4 is 5.32 Å². The van der Waals surface area contributed by atoms with Crippen molar-refractivity contribution in [1.29, 1.82) is 0 Å². The van der Waals surface area contributed by atoms with Crippen molar-refractivity contribution in [2.24, 2.45) is 0 Å². The Morgan fingerprint density at radius 1 is 1.16 bits per heavy atom. The standard InChI is InChI=1S/C16H15N3/c1-10-3-2-4-13-15(10)19-16(18-13)12-6-5-11-7-8-17-14(11)9-12/h2-6,9,17H,7-8H2,1H3,(H,18,19). The number of para-hydroxylation sites is 1. The maximum Gasteiger partial charge on any atom is 0.138 e.